The van der Waals surface area contributed by atoms with Crippen LogP contribution < -0.4 is 5.56 Å². The fourth-order valence-corrected chi connectivity index (χ4v) is 2.27. The molecule has 2 aromatic rings. The van der Waals surface area contributed by atoms with Crippen LogP contribution in [0.4, 0.5) is 0 Å². The summed E-state index contributed by atoms with van der Waals surface area (Å²) in [5, 5.41) is 8.67. The summed E-state index contributed by atoms with van der Waals surface area (Å²) in [7, 11) is 1.57. The number of aromatic amines is 1. The Kier molecular flexibility index (Phi) is 4.42. The van der Waals surface area contributed by atoms with Crippen LogP contribution in [0.3, 0.4) is 0 Å². The first-order chi connectivity index (χ1) is 9.52. The number of aliphatic carboxylic acids is 1. The number of alkyl halides is 1. The zero-order valence-corrected chi connectivity index (χ0v) is 11.6. The monoisotopic (exact) mass is 295 g/mol. The highest BCUT2D eigenvalue weighted by molar-refractivity contribution is 6.29. The zero-order valence-electron chi connectivity index (χ0n) is 10.9. The van der Waals surface area contributed by atoms with Crippen LogP contribution in [0.15, 0.2) is 29.1 Å². The van der Waals surface area contributed by atoms with Crippen LogP contribution in [0.5, 0.6) is 0 Å². The third-order valence-corrected chi connectivity index (χ3v) is 3.38. The SMILES string of the molecule is COCc1ccc(CC(Cl)C(=O)O)c2ccc(=O)[nH]c12. The summed E-state index contributed by atoms with van der Waals surface area (Å²) in [6.07, 6.45) is 0.187. The van der Waals surface area contributed by atoms with Gasteiger partial charge in [0, 0.05) is 30.5 Å². The molecule has 0 spiro atoms. The average Bonchev–Trinajstić information content (AvgIpc) is 2.41. The van der Waals surface area contributed by atoms with E-state index in [0.29, 0.717) is 12.1 Å². The Balaban J connectivity index is 2.55. The lowest BCUT2D eigenvalue weighted by atomic mass is 10.0. The lowest BCUT2D eigenvalue weighted by Crippen LogP contribution is -2.16. The number of H-pyrrole nitrogens is 1. The Morgan fingerprint density at radius 2 is 2.05 bits per heavy atom. The maximum absolute atomic E-state index is 11.5. The molecule has 1 aromatic carbocycles. The van der Waals surface area contributed by atoms with Crippen molar-refractivity contribution in [3.05, 3.63) is 45.7 Å². The van der Waals surface area contributed by atoms with E-state index in [1.807, 2.05) is 12.1 Å². The number of carbonyl (C=O) groups is 1. The van der Waals surface area contributed by atoms with Gasteiger partial charge in [-0.05, 0) is 11.6 Å². The van der Waals surface area contributed by atoms with E-state index in [1.165, 1.54) is 6.07 Å². The number of hydrogen-bond donors (Lipinski definition) is 2. The first kappa shape index (κ1) is 14.6. The van der Waals surface area contributed by atoms with Gasteiger partial charge in [-0.25, -0.2) is 0 Å². The van der Waals surface area contributed by atoms with Gasteiger partial charge in [0.25, 0.3) is 0 Å². The molecule has 6 heteroatoms. The fourth-order valence-electron chi connectivity index (χ4n) is 2.10. The van der Waals surface area contributed by atoms with Crippen LogP contribution >= 0.6 is 11.6 Å². The van der Waals surface area contributed by atoms with Crippen molar-refractivity contribution < 1.29 is 14.6 Å². The zero-order chi connectivity index (χ0) is 14.7. The normalized spacial score (nSPS) is 12.5. The Morgan fingerprint density at radius 3 is 2.70 bits per heavy atom. The molecule has 0 aliphatic rings. The molecule has 0 fully saturated rings. The molecule has 0 aliphatic carbocycles. The number of carboxylic acids is 1. The molecule has 1 aromatic heterocycles. The lowest BCUT2D eigenvalue weighted by Gasteiger charge is -2.11. The molecule has 0 bridgehead atoms. The third-order valence-electron chi connectivity index (χ3n) is 3.04. The molecule has 1 atom stereocenters. The number of rotatable bonds is 5. The third kappa shape index (κ3) is 3.00. The molecular formula is C14H14ClNO4. The number of fused-ring (bicyclic) bond motifs is 1. The summed E-state index contributed by atoms with van der Waals surface area (Å²) in [4.78, 5) is 25.1. The maximum Gasteiger partial charge on any atom is 0.321 e. The predicted octanol–water partition coefficient (Wildman–Crippen LogP) is 1.91. The summed E-state index contributed by atoms with van der Waals surface area (Å²) >= 11 is 5.79. The second-order valence-corrected chi connectivity index (χ2v) is 4.96. The number of hydrogen-bond acceptors (Lipinski definition) is 3. The molecule has 0 amide bonds. The standard InChI is InChI=1S/C14H14ClNO4/c1-20-7-9-3-2-8(6-11(15)14(18)19)10-4-5-12(17)16-13(9)10/h2-5,11H,6-7H2,1H3,(H,16,17)(H,18,19). The van der Waals surface area contributed by atoms with E-state index in [0.717, 1.165) is 16.5 Å². The van der Waals surface area contributed by atoms with Crippen molar-refractivity contribution in [1.82, 2.24) is 4.98 Å². The molecule has 1 heterocycles. The Labute approximate surface area is 120 Å². The number of halogens is 1. The number of aromatic nitrogens is 1. The van der Waals surface area contributed by atoms with E-state index in [1.54, 1.807) is 13.2 Å². The van der Waals surface area contributed by atoms with Crippen molar-refractivity contribution in [1.29, 1.82) is 0 Å². The van der Waals surface area contributed by atoms with E-state index in [9.17, 15) is 9.59 Å². The quantitative estimate of drug-likeness (QED) is 0.826. The Bertz CT molecular complexity index is 695. The largest absolute Gasteiger partial charge is 0.480 e. The smallest absolute Gasteiger partial charge is 0.321 e. The highest BCUT2D eigenvalue weighted by atomic mass is 35.5. The van der Waals surface area contributed by atoms with Crippen LogP contribution in [-0.2, 0) is 22.6 Å². The summed E-state index contributed by atoms with van der Waals surface area (Å²) in [6, 6.07) is 6.70. The number of benzene rings is 1. The molecule has 2 rings (SSSR count). The van der Waals surface area contributed by atoms with Crippen LogP contribution in [0.2, 0.25) is 0 Å². The number of nitrogens with one attached hydrogen (secondary N) is 1. The Morgan fingerprint density at radius 1 is 1.35 bits per heavy atom. The minimum atomic E-state index is -1.06. The first-order valence-electron chi connectivity index (χ1n) is 6.02. The van der Waals surface area contributed by atoms with E-state index in [2.05, 4.69) is 4.98 Å². The van der Waals surface area contributed by atoms with Gasteiger partial charge in [-0.15, -0.1) is 11.6 Å². The van der Waals surface area contributed by atoms with Crippen molar-refractivity contribution in [2.75, 3.05) is 7.11 Å². The van der Waals surface area contributed by atoms with Crippen LogP contribution in [0.1, 0.15) is 11.1 Å². The van der Waals surface area contributed by atoms with Gasteiger partial charge in [0.15, 0.2) is 0 Å². The van der Waals surface area contributed by atoms with E-state index in [-0.39, 0.29) is 12.0 Å². The minimum absolute atomic E-state index is 0.187. The van der Waals surface area contributed by atoms with E-state index >= 15 is 0 Å². The van der Waals surface area contributed by atoms with E-state index < -0.39 is 11.3 Å². The van der Waals surface area contributed by atoms with Gasteiger partial charge in [-0.2, -0.15) is 0 Å². The summed E-state index contributed by atoms with van der Waals surface area (Å²) in [5.74, 6) is -1.06. The molecule has 0 aliphatic heterocycles. The van der Waals surface area contributed by atoms with Crippen LogP contribution in [0.25, 0.3) is 10.9 Å². The summed E-state index contributed by atoms with van der Waals surface area (Å²) in [5.41, 5.74) is 2.06. The van der Waals surface area contributed by atoms with Gasteiger partial charge < -0.3 is 14.8 Å². The highest BCUT2D eigenvalue weighted by Crippen LogP contribution is 2.23. The van der Waals surface area contributed by atoms with Gasteiger partial charge in [0.05, 0.1) is 12.1 Å². The highest BCUT2D eigenvalue weighted by Gasteiger charge is 2.16. The summed E-state index contributed by atoms with van der Waals surface area (Å²) < 4.78 is 5.09. The Hall–Kier alpha value is -1.85. The van der Waals surface area contributed by atoms with Crippen LogP contribution in [-0.4, -0.2) is 28.5 Å². The maximum atomic E-state index is 11.5. The van der Waals surface area contributed by atoms with Crippen molar-refractivity contribution in [2.45, 2.75) is 18.4 Å². The molecule has 0 radical (unpaired) electrons. The van der Waals surface area contributed by atoms with E-state index in [4.69, 9.17) is 21.4 Å². The molecule has 0 saturated heterocycles. The second kappa shape index (κ2) is 6.07. The molecule has 5 nitrogen and oxygen atoms in total. The van der Waals surface area contributed by atoms with Crippen molar-refractivity contribution in [2.24, 2.45) is 0 Å². The molecule has 106 valence electrons. The van der Waals surface area contributed by atoms with Crippen molar-refractivity contribution in [3.8, 4) is 0 Å². The summed E-state index contributed by atoms with van der Waals surface area (Å²) in [6.45, 7) is 0.361. The predicted molar refractivity (Wildman–Crippen MR) is 76.3 cm³/mol. The number of pyridine rings is 1. The van der Waals surface area contributed by atoms with Gasteiger partial charge in [0.2, 0.25) is 5.56 Å². The molecular weight excluding hydrogens is 282 g/mol. The number of ether oxygens (including phenoxy) is 1. The first-order valence-corrected chi connectivity index (χ1v) is 6.46. The van der Waals surface area contributed by atoms with Crippen molar-refractivity contribution in [3.63, 3.8) is 0 Å². The van der Waals surface area contributed by atoms with Gasteiger partial charge in [-0.3, -0.25) is 9.59 Å². The van der Waals surface area contributed by atoms with Gasteiger partial charge >= 0.3 is 5.97 Å². The number of carboxylic acid groups (broad SMARTS) is 1. The average molecular weight is 296 g/mol. The van der Waals surface area contributed by atoms with Crippen molar-refractivity contribution >= 4 is 28.5 Å². The number of methoxy groups -OCH3 is 1. The second-order valence-electron chi connectivity index (χ2n) is 4.44. The minimum Gasteiger partial charge on any atom is -0.480 e. The molecule has 1 unspecified atom stereocenters. The molecule has 20 heavy (non-hydrogen) atoms. The lowest BCUT2D eigenvalue weighted by molar-refractivity contribution is -0.136. The van der Waals surface area contributed by atoms with Gasteiger partial charge in [-0.1, -0.05) is 12.1 Å². The topological polar surface area (TPSA) is 79.4 Å². The van der Waals surface area contributed by atoms with Gasteiger partial charge in [0.1, 0.15) is 5.38 Å². The fraction of sp³-hybridized carbons (Fsp3) is 0.286. The molecule has 2 N–H and O–H groups in total. The molecule has 0 saturated carbocycles. The van der Waals surface area contributed by atoms with Crippen LogP contribution in [0, 0.1) is 0 Å².